The molecule has 102 valence electrons. The largest absolute Gasteiger partial charge is 0.399 e. The summed E-state index contributed by atoms with van der Waals surface area (Å²) in [6.07, 6.45) is 1.68. The van der Waals surface area contributed by atoms with Crippen molar-refractivity contribution < 1.29 is 9.59 Å². The minimum Gasteiger partial charge on any atom is -0.399 e. The first-order valence-electron chi connectivity index (χ1n) is 6.22. The van der Waals surface area contributed by atoms with E-state index in [9.17, 15) is 9.59 Å². The van der Waals surface area contributed by atoms with Gasteiger partial charge >= 0.3 is 6.03 Å². The summed E-state index contributed by atoms with van der Waals surface area (Å²) < 4.78 is 0. The predicted molar refractivity (Wildman–Crippen MR) is 72.4 cm³/mol. The molecule has 1 aliphatic carbocycles. The maximum Gasteiger partial charge on any atom is 0.312 e. The Balaban J connectivity index is 1.91. The van der Waals surface area contributed by atoms with Crippen LogP contribution in [0.25, 0.3) is 0 Å². The summed E-state index contributed by atoms with van der Waals surface area (Å²) in [5.41, 5.74) is 11.8. The maximum atomic E-state index is 12.2. The summed E-state index contributed by atoms with van der Waals surface area (Å²) in [6, 6.07) is 6.80. The Morgan fingerprint density at radius 2 is 1.68 bits per heavy atom. The zero-order valence-electron chi connectivity index (χ0n) is 10.6. The summed E-state index contributed by atoms with van der Waals surface area (Å²) in [5.74, 6) is -0.0106. The topological polar surface area (TPSA) is 110 Å². The normalized spacial score (nSPS) is 15.6. The molecule has 1 aromatic carbocycles. The monoisotopic (exact) mass is 262 g/mol. The maximum absolute atomic E-state index is 12.2. The third-order valence-corrected chi connectivity index (χ3v) is 3.36. The molecule has 0 heterocycles. The Morgan fingerprint density at radius 1 is 1.11 bits per heavy atom. The minimum absolute atomic E-state index is 0.0106. The molecule has 0 spiro atoms. The minimum atomic E-state index is -0.589. The molecule has 6 nitrogen and oxygen atoms in total. The molecule has 6 N–H and O–H groups in total. The highest BCUT2D eigenvalue weighted by molar-refractivity contribution is 5.91. The molecule has 0 aliphatic heterocycles. The van der Waals surface area contributed by atoms with Crippen LogP contribution in [0.5, 0.6) is 0 Å². The van der Waals surface area contributed by atoms with Gasteiger partial charge in [0.25, 0.3) is 0 Å². The number of nitrogens with one attached hydrogen (secondary N) is 2. The van der Waals surface area contributed by atoms with Gasteiger partial charge in [-0.2, -0.15) is 0 Å². The van der Waals surface area contributed by atoms with Crippen molar-refractivity contribution in [2.24, 2.45) is 5.73 Å². The average molecular weight is 262 g/mol. The third kappa shape index (κ3) is 2.96. The first-order chi connectivity index (χ1) is 9.04. The number of nitrogen functional groups attached to an aromatic ring is 1. The number of urea groups is 1. The van der Waals surface area contributed by atoms with Crippen molar-refractivity contribution in [1.29, 1.82) is 0 Å². The van der Waals surface area contributed by atoms with Crippen LogP contribution in [-0.2, 0) is 10.2 Å². The molecule has 1 fully saturated rings. The van der Waals surface area contributed by atoms with Crippen LogP contribution in [-0.4, -0.2) is 25.0 Å². The highest BCUT2D eigenvalue weighted by Crippen LogP contribution is 2.48. The van der Waals surface area contributed by atoms with Crippen LogP contribution in [0.15, 0.2) is 24.3 Å². The van der Waals surface area contributed by atoms with E-state index in [1.54, 1.807) is 12.1 Å². The van der Waals surface area contributed by atoms with Crippen LogP contribution in [0.1, 0.15) is 18.4 Å². The van der Waals surface area contributed by atoms with E-state index in [-0.39, 0.29) is 5.91 Å². The standard InChI is InChI=1S/C13H18N4O2/c14-10-3-1-9(2-4-10)13(5-6-13)11(18)16-7-8-17-12(15)19/h1-4H,5-8,14H2,(H,16,18)(H3,15,17,19). The van der Waals surface area contributed by atoms with Crippen LogP contribution < -0.4 is 22.1 Å². The highest BCUT2D eigenvalue weighted by atomic mass is 16.2. The first-order valence-corrected chi connectivity index (χ1v) is 6.22. The van der Waals surface area contributed by atoms with Crippen molar-refractivity contribution in [3.8, 4) is 0 Å². The lowest BCUT2D eigenvalue weighted by Crippen LogP contribution is -2.41. The Labute approximate surface area is 111 Å². The van der Waals surface area contributed by atoms with Crippen LogP contribution >= 0.6 is 0 Å². The van der Waals surface area contributed by atoms with Gasteiger partial charge in [-0.1, -0.05) is 12.1 Å². The first kappa shape index (κ1) is 13.2. The van der Waals surface area contributed by atoms with Crippen molar-refractivity contribution in [2.75, 3.05) is 18.8 Å². The van der Waals surface area contributed by atoms with Crippen LogP contribution in [0.3, 0.4) is 0 Å². The van der Waals surface area contributed by atoms with Crippen molar-refractivity contribution in [3.63, 3.8) is 0 Å². The van der Waals surface area contributed by atoms with E-state index >= 15 is 0 Å². The van der Waals surface area contributed by atoms with Crippen LogP contribution in [0.2, 0.25) is 0 Å². The van der Waals surface area contributed by atoms with Gasteiger partial charge in [0.2, 0.25) is 5.91 Å². The highest BCUT2D eigenvalue weighted by Gasteiger charge is 2.50. The molecule has 0 unspecified atom stereocenters. The smallest absolute Gasteiger partial charge is 0.312 e. The molecule has 1 aliphatic rings. The Morgan fingerprint density at radius 3 is 2.21 bits per heavy atom. The molecule has 0 saturated heterocycles. The lowest BCUT2D eigenvalue weighted by atomic mass is 9.95. The van der Waals surface area contributed by atoms with Gasteiger partial charge in [0.15, 0.2) is 0 Å². The quantitative estimate of drug-likeness (QED) is 0.445. The van der Waals surface area contributed by atoms with Gasteiger partial charge in [-0.3, -0.25) is 4.79 Å². The Bertz CT molecular complexity index is 480. The molecular weight excluding hydrogens is 244 g/mol. The number of nitrogens with two attached hydrogens (primary N) is 2. The van der Waals surface area contributed by atoms with E-state index in [4.69, 9.17) is 11.5 Å². The second kappa shape index (κ2) is 5.17. The summed E-state index contributed by atoms with van der Waals surface area (Å²) in [4.78, 5) is 22.7. The predicted octanol–water partition coefficient (Wildman–Crippen LogP) is 0.0849. The number of carbonyl (C=O) groups excluding carboxylic acids is 2. The molecule has 6 heteroatoms. The molecule has 0 aromatic heterocycles. The van der Waals surface area contributed by atoms with Gasteiger partial charge in [-0.25, -0.2) is 4.79 Å². The van der Waals surface area contributed by atoms with E-state index in [2.05, 4.69) is 10.6 Å². The van der Waals surface area contributed by atoms with Crippen molar-refractivity contribution in [2.45, 2.75) is 18.3 Å². The Kier molecular flexibility index (Phi) is 3.59. The zero-order chi connectivity index (χ0) is 13.9. The average Bonchev–Trinajstić information content (AvgIpc) is 3.16. The van der Waals surface area contributed by atoms with E-state index in [1.165, 1.54) is 0 Å². The second-order valence-corrected chi connectivity index (χ2v) is 4.75. The van der Waals surface area contributed by atoms with Crippen LogP contribution in [0.4, 0.5) is 10.5 Å². The van der Waals surface area contributed by atoms with E-state index in [1.807, 2.05) is 12.1 Å². The van der Waals surface area contributed by atoms with E-state index < -0.39 is 11.4 Å². The van der Waals surface area contributed by atoms with E-state index in [0.717, 1.165) is 18.4 Å². The van der Waals surface area contributed by atoms with E-state index in [0.29, 0.717) is 18.8 Å². The summed E-state index contributed by atoms with van der Waals surface area (Å²) in [5, 5.41) is 5.24. The number of anilines is 1. The van der Waals surface area contributed by atoms with Crippen molar-refractivity contribution in [3.05, 3.63) is 29.8 Å². The number of hydrogen-bond donors (Lipinski definition) is 4. The molecule has 1 saturated carbocycles. The molecular formula is C13H18N4O2. The summed E-state index contributed by atoms with van der Waals surface area (Å²) in [6.45, 7) is 0.706. The van der Waals surface area contributed by atoms with Crippen LogP contribution in [0, 0.1) is 0 Å². The third-order valence-electron chi connectivity index (χ3n) is 3.36. The van der Waals surface area contributed by atoms with Crippen molar-refractivity contribution in [1.82, 2.24) is 10.6 Å². The SMILES string of the molecule is NC(=O)NCCNC(=O)C1(c2ccc(N)cc2)CC1. The number of benzene rings is 1. The molecule has 3 amide bonds. The second-order valence-electron chi connectivity index (χ2n) is 4.75. The number of primary amides is 1. The number of amides is 3. The fraction of sp³-hybridized carbons (Fsp3) is 0.385. The Hall–Kier alpha value is -2.24. The number of rotatable bonds is 5. The van der Waals surface area contributed by atoms with Gasteiger partial charge in [0.05, 0.1) is 5.41 Å². The molecule has 0 atom stereocenters. The van der Waals surface area contributed by atoms with Gasteiger partial charge in [0.1, 0.15) is 0 Å². The van der Waals surface area contributed by atoms with Gasteiger partial charge in [-0.05, 0) is 30.5 Å². The lowest BCUT2D eigenvalue weighted by molar-refractivity contribution is -0.123. The zero-order valence-corrected chi connectivity index (χ0v) is 10.6. The molecule has 1 aromatic rings. The molecule has 0 bridgehead atoms. The van der Waals surface area contributed by atoms with Gasteiger partial charge < -0.3 is 22.1 Å². The number of hydrogen-bond acceptors (Lipinski definition) is 3. The van der Waals surface area contributed by atoms with Gasteiger partial charge in [0, 0.05) is 18.8 Å². The van der Waals surface area contributed by atoms with Gasteiger partial charge in [-0.15, -0.1) is 0 Å². The summed E-state index contributed by atoms with van der Waals surface area (Å²) in [7, 11) is 0. The fourth-order valence-electron chi connectivity index (χ4n) is 2.10. The van der Waals surface area contributed by atoms with Crippen molar-refractivity contribution >= 4 is 17.6 Å². The molecule has 2 rings (SSSR count). The molecule has 19 heavy (non-hydrogen) atoms. The fourth-order valence-corrected chi connectivity index (χ4v) is 2.10. The molecule has 0 radical (unpaired) electrons. The summed E-state index contributed by atoms with van der Waals surface area (Å²) >= 11 is 0. The number of carbonyl (C=O) groups is 2. The lowest BCUT2D eigenvalue weighted by Gasteiger charge is -2.16.